The molecule has 2 nitrogen and oxygen atoms in total. The molecule has 6 rings (SSSR count). The van der Waals surface area contributed by atoms with Crippen LogP contribution in [0, 0.1) is 0 Å². The Kier molecular flexibility index (Phi) is 5.86. The summed E-state index contributed by atoms with van der Waals surface area (Å²) in [6, 6.07) is 45.5. The van der Waals surface area contributed by atoms with Crippen LogP contribution in [0.5, 0.6) is 0 Å². The van der Waals surface area contributed by atoms with Gasteiger partial charge in [-0.1, -0.05) is 123 Å². The Hall–Kier alpha value is -4.21. The van der Waals surface area contributed by atoms with Crippen LogP contribution >= 0.6 is 0 Å². The summed E-state index contributed by atoms with van der Waals surface area (Å²) in [6.45, 7) is 7.06. The molecule has 0 N–H and O–H groups in total. The molecule has 0 aliphatic carbocycles. The second-order valence-corrected chi connectivity index (χ2v) is 15.5. The molecular weight excluding hydrogens is 464 g/mol. The van der Waals surface area contributed by atoms with E-state index in [-0.39, 0.29) is 0 Å². The second-order valence-electron chi connectivity index (χ2n) is 10.5. The minimum Gasteiger partial charge on any atom is -0.294 e. The van der Waals surface area contributed by atoms with Gasteiger partial charge in [-0.3, -0.25) is 4.90 Å². The Balaban J connectivity index is 1.75. The normalized spacial score (nSPS) is 11.6. The zero-order valence-electron chi connectivity index (χ0n) is 21.5. The molecule has 0 radical (unpaired) electrons. The van der Waals surface area contributed by atoms with Crippen molar-refractivity contribution < 1.29 is 0 Å². The van der Waals surface area contributed by atoms with Crippen LogP contribution in [0.2, 0.25) is 19.6 Å². The van der Waals surface area contributed by atoms with Crippen LogP contribution in [-0.4, -0.2) is 13.1 Å². The molecule has 37 heavy (non-hydrogen) atoms. The molecule has 0 saturated heterocycles. The van der Waals surface area contributed by atoms with E-state index in [2.05, 4.69) is 152 Å². The molecule has 0 saturated carbocycles. The van der Waals surface area contributed by atoms with E-state index in [9.17, 15) is 0 Å². The van der Waals surface area contributed by atoms with Crippen molar-refractivity contribution >= 4 is 52.1 Å². The third-order valence-electron chi connectivity index (χ3n) is 6.94. The Labute approximate surface area is 219 Å². The molecule has 3 heteroatoms. The molecule has 0 unspecified atom stereocenters. The van der Waals surface area contributed by atoms with Crippen molar-refractivity contribution in [2.24, 2.45) is 0 Å². The van der Waals surface area contributed by atoms with Gasteiger partial charge in [-0.15, -0.1) is 0 Å². The van der Waals surface area contributed by atoms with Crippen LogP contribution in [-0.2, 0) is 0 Å². The lowest BCUT2D eigenvalue weighted by Gasteiger charge is -2.29. The van der Waals surface area contributed by atoms with Gasteiger partial charge in [-0.25, -0.2) is 4.98 Å². The minimum atomic E-state index is -1.61. The third-order valence-corrected chi connectivity index (χ3v) is 8.75. The van der Waals surface area contributed by atoms with E-state index in [4.69, 9.17) is 4.98 Å². The number of aromatic nitrogens is 1. The summed E-state index contributed by atoms with van der Waals surface area (Å²) in [5.74, 6) is 0.953. The first-order valence-corrected chi connectivity index (χ1v) is 16.3. The Morgan fingerprint density at radius 3 is 1.59 bits per heavy atom. The number of pyridine rings is 1. The van der Waals surface area contributed by atoms with E-state index >= 15 is 0 Å². The number of hydrogen-bond donors (Lipinski definition) is 0. The van der Waals surface area contributed by atoms with Crippen LogP contribution in [0.4, 0.5) is 17.2 Å². The Morgan fingerprint density at radius 2 is 1.03 bits per heavy atom. The van der Waals surface area contributed by atoms with Crippen LogP contribution in [0.15, 0.2) is 127 Å². The molecule has 0 fully saturated rings. The molecule has 0 aliphatic rings. The highest BCUT2D eigenvalue weighted by Crippen LogP contribution is 2.47. The standard InChI is InChI=1S/C34H30N2Si/c1-37(2,3)32-24-14-23-31(35-32)36(26-17-8-5-9-18-26)34-29-21-12-10-19-27(29)33(25-15-6-4-7-16-25)28-20-11-13-22-30(28)34/h4-24H,1-3H3. The minimum absolute atomic E-state index is 0.953. The van der Waals surface area contributed by atoms with Gasteiger partial charge in [0.2, 0.25) is 0 Å². The molecule has 0 spiro atoms. The van der Waals surface area contributed by atoms with Crippen LogP contribution in [0.1, 0.15) is 0 Å². The van der Waals surface area contributed by atoms with Crippen molar-refractivity contribution in [1.82, 2.24) is 4.98 Å². The van der Waals surface area contributed by atoms with Crippen molar-refractivity contribution in [3.8, 4) is 11.1 Å². The van der Waals surface area contributed by atoms with Crippen LogP contribution < -0.4 is 10.2 Å². The fourth-order valence-electron chi connectivity index (χ4n) is 5.18. The highest BCUT2D eigenvalue weighted by atomic mass is 28.3. The maximum Gasteiger partial charge on any atom is 0.137 e. The number of nitrogens with zero attached hydrogens (tertiary/aromatic N) is 2. The predicted octanol–water partition coefficient (Wildman–Crippen LogP) is 9.07. The van der Waals surface area contributed by atoms with Crippen molar-refractivity contribution in [3.63, 3.8) is 0 Å². The van der Waals surface area contributed by atoms with Crippen molar-refractivity contribution in [3.05, 3.63) is 127 Å². The zero-order chi connectivity index (χ0) is 25.4. The first-order valence-electron chi connectivity index (χ1n) is 12.8. The van der Waals surface area contributed by atoms with Gasteiger partial charge in [0.1, 0.15) is 13.9 Å². The summed E-state index contributed by atoms with van der Waals surface area (Å²) in [4.78, 5) is 7.63. The van der Waals surface area contributed by atoms with Crippen molar-refractivity contribution in [2.75, 3.05) is 4.90 Å². The fourth-order valence-corrected chi connectivity index (χ4v) is 6.23. The summed E-state index contributed by atoms with van der Waals surface area (Å²) < 4.78 is 0. The summed E-state index contributed by atoms with van der Waals surface area (Å²) in [5, 5.41) is 6.11. The highest BCUT2D eigenvalue weighted by molar-refractivity contribution is 6.88. The average molecular weight is 495 g/mol. The maximum atomic E-state index is 5.28. The molecule has 5 aromatic carbocycles. The third kappa shape index (κ3) is 4.22. The lowest BCUT2D eigenvalue weighted by molar-refractivity contribution is 1.21. The SMILES string of the molecule is C[Si](C)(C)c1cccc(N(c2ccccc2)c2c3ccccc3c(-c3ccccc3)c3ccccc23)n1. The number of anilines is 3. The second kappa shape index (κ2) is 9.34. The maximum absolute atomic E-state index is 5.28. The highest BCUT2D eigenvalue weighted by Gasteiger charge is 2.24. The molecule has 0 aliphatic heterocycles. The van der Waals surface area contributed by atoms with Gasteiger partial charge >= 0.3 is 0 Å². The molecule has 0 amide bonds. The Bertz CT molecular complexity index is 1650. The van der Waals surface area contributed by atoms with Gasteiger partial charge in [0.15, 0.2) is 0 Å². The first-order chi connectivity index (χ1) is 18.0. The van der Waals surface area contributed by atoms with Gasteiger partial charge in [-0.05, 0) is 46.2 Å². The van der Waals surface area contributed by atoms with E-state index in [1.807, 2.05) is 0 Å². The van der Waals surface area contributed by atoms with E-state index in [0.29, 0.717) is 0 Å². The lowest BCUT2D eigenvalue weighted by Crippen LogP contribution is -2.40. The molecule has 6 aromatic rings. The number of fused-ring (bicyclic) bond motifs is 2. The monoisotopic (exact) mass is 494 g/mol. The van der Waals surface area contributed by atoms with Crippen LogP contribution in [0.25, 0.3) is 32.7 Å². The van der Waals surface area contributed by atoms with Gasteiger partial charge in [-0.2, -0.15) is 0 Å². The number of para-hydroxylation sites is 1. The van der Waals surface area contributed by atoms with E-state index in [1.165, 1.54) is 38.0 Å². The average Bonchev–Trinajstić information content (AvgIpc) is 2.94. The largest absolute Gasteiger partial charge is 0.294 e. The van der Waals surface area contributed by atoms with Crippen molar-refractivity contribution in [2.45, 2.75) is 19.6 Å². The summed E-state index contributed by atoms with van der Waals surface area (Å²) in [6.07, 6.45) is 0. The summed E-state index contributed by atoms with van der Waals surface area (Å²) in [5.41, 5.74) is 4.77. The molecule has 180 valence electrons. The molecule has 0 atom stereocenters. The van der Waals surface area contributed by atoms with Gasteiger partial charge in [0.25, 0.3) is 0 Å². The van der Waals surface area contributed by atoms with Gasteiger partial charge < -0.3 is 0 Å². The summed E-state index contributed by atoms with van der Waals surface area (Å²) >= 11 is 0. The van der Waals surface area contributed by atoms with Crippen LogP contribution in [0.3, 0.4) is 0 Å². The van der Waals surface area contributed by atoms with Gasteiger partial charge in [0, 0.05) is 21.8 Å². The first kappa shape index (κ1) is 23.2. The van der Waals surface area contributed by atoms with E-state index in [0.717, 1.165) is 17.2 Å². The molecule has 1 aromatic heterocycles. The van der Waals surface area contributed by atoms with Gasteiger partial charge in [0.05, 0.1) is 5.69 Å². The van der Waals surface area contributed by atoms with E-state index in [1.54, 1.807) is 0 Å². The number of hydrogen-bond acceptors (Lipinski definition) is 2. The fraction of sp³-hybridized carbons (Fsp3) is 0.0882. The molecule has 1 heterocycles. The Morgan fingerprint density at radius 1 is 0.514 bits per heavy atom. The molecule has 0 bridgehead atoms. The predicted molar refractivity (Wildman–Crippen MR) is 162 cm³/mol. The van der Waals surface area contributed by atoms with Crippen molar-refractivity contribution in [1.29, 1.82) is 0 Å². The topological polar surface area (TPSA) is 16.1 Å². The molecular formula is C34H30N2Si. The number of benzene rings is 5. The smallest absolute Gasteiger partial charge is 0.137 e. The quantitative estimate of drug-likeness (QED) is 0.175. The number of rotatable bonds is 5. The van der Waals surface area contributed by atoms with E-state index < -0.39 is 8.07 Å². The zero-order valence-corrected chi connectivity index (χ0v) is 22.5. The summed E-state index contributed by atoms with van der Waals surface area (Å²) in [7, 11) is -1.61. The lowest BCUT2D eigenvalue weighted by atomic mass is 9.90.